The number of sulfonamides is 1. The van der Waals surface area contributed by atoms with Crippen molar-refractivity contribution >= 4 is 33.0 Å². The molecule has 2 bridgehead atoms. The second kappa shape index (κ2) is 5.29. The minimum atomic E-state index is -4.11. The highest BCUT2D eigenvalue weighted by atomic mass is 32.2. The number of aryl methyl sites for hydroxylation is 1. The van der Waals surface area contributed by atoms with Crippen molar-refractivity contribution in [2.75, 3.05) is 11.1 Å². The highest BCUT2D eigenvalue weighted by Gasteiger charge is 2.38. The van der Waals surface area contributed by atoms with Crippen LogP contribution in [0.2, 0.25) is 0 Å². The molecule has 0 unspecified atom stereocenters. The van der Waals surface area contributed by atoms with Gasteiger partial charge in [0.1, 0.15) is 0 Å². The quantitative estimate of drug-likeness (QED) is 0.859. The van der Waals surface area contributed by atoms with E-state index in [1.54, 1.807) is 36.6 Å². The molecule has 116 valence electrons. The Morgan fingerprint density at radius 2 is 2.00 bits per heavy atom. The Bertz CT molecular complexity index is 819. The lowest BCUT2D eigenvalue weighted by Crippen LogP contribution is -2.36. The van der Waals surface area contributed by atoms with E-state index < -0.39 is 15.9 Å². The fraction of sp³-hybridized carbons (Fsp3) is 0.214. The number of anilines is 1. The minimum Gasteiger partial charge on any atom is -0.455 e. The molecule has 6 nitrogen and oxygen atoms in total. The summed E-state index contributed by atoms with van der Waals surface area (Å²) < 4.78 is 37.2. The van der Waals surface area contributed by atoms with Crippen molar-refractivity contribution in [3.8, 4) is 10.8 Å². The first-order chi connectivity index (χ1) is 10.4. The van der Waals surface area contributed by atoms with Crippen molar-refractivity contribution in [2.24, 2.45) is 0 Å². The highest BCUT2D eigenvalue weighted by molar-refractivity contribution is 7.94. The molecule has 0 saturated heterocycles. The first-order valence-corrected chi connectivity index (χ1v) is 8.73. The average Bonchev–Trinajstić information content (AvgIpc) is 2.72. The number of rotatable bonds is 3. The van der Waals surface area contributed by atoms with Gasteiger partial charge in [0.2, 0.25) is 17.8 Å². The number of nitrogens with zero attached hydrogens (tertiary/aromatic N) is 1. The second-order valence-corrected chi connectivity index (χ2v) is 7.26. The Hall–Kier alpha value is -2.06. The summed E-state index contributed by atoms with van der Waals surface area (Å²) in [6, 6.07) is 6.80. The van der Waals surface area contributed by atoms with Crippen LogP contribution in [0.25, 0.3) is 0 Å². The summed E-state index contributed by atoms with van der Waals surface area (Å²) in [5.74, 6) is -0.385. The van der Waals surface area contributed by atoms with Gasteiger partial charge in [-0.15, -0.1) is 11.3 Å². The van der Waals surface area contributed by atoms with Gasteiger partial charge in [0.15, 0.2) is 10.6 Å². The maximum absolute atomic E-state index is 13.0. The molecule has 1 aromatic heterocycles. The van der Waals surface area contributed by atoms with Crippen LogP contribution < -0.4 is 13.8 Å². The summed E-state index contributed by atoms with van der Waals surface area (Å²) in [7, 11) is -4.11. The molecule has 22 heavy (non-hydrogen) atoms. The van der Waals surface area contributed by atoms with E-state index in [-0.39, 0.29) is 22.5 Å². The van der Waals surface area contributed by atoms with Crippen LogP contribution in [0.1, 0.15) is 12.5 Å². The number of amides is 1. The maximum Gasteiger partial charge on any atom is 0.279 e. The molecule has 0 fully saturated rings. The molecule has 1 aliphatic rings. The van der Waals surface area contributed by atoms with Gasteiger partial charge in [-0.1, -0.05) is 18.2 Å². The molecule has 0 saturated carbocycles. The first kappa shape index (κ1) is 14.9. The van der Waals surface area contributed by atoms with Gasteiger partial charge in [0, 0.05) is 12.3 Å². The van der Waals surface area contributed by atoms with Crippen molar-refractivity contribution in [2.45, 2.75) is 18.7 Å². The van der Waals surface area contributed by atoms with Crippen LogP contribution in [-0.4, -0.2) is 21.1 Å². The lowest BCUT2D eigenvalue weighted by atomic mass is 10.2. The smallest absolute Gasteiger partial charge is 0.279 e. The summed E-state index contributed by atoms with van der Waals surface area (Å²) >= 11 is 1.13. The van der Waals surface area contributed by atoms with Gasteiger partial charge in [-0.3, -0.25) is 4.79 Å². The van der Waals surface area contributed by atoms with Crippen molar-refractivity contribution in [1.29, 1.82) is 0 Å². The Kier molecular flexibility index (Phi) is 3.57. The number of benzene rings is 1. The Labute approximate surface area is 131 Å². The molecule has 0 radical (unpaired) electrons. The Balaban J connectivity index is 2.19. The topological polar surface area (TPSA) is 72.9 Å². The van der Waals surface area contributed by atoms with E-state index in [1.807, 2.05) is 0 Å². The zero-order chi connectivity index (χ0) is 15.9. The third-order valence-electron chi connectivity index (χ3n) is 3.21. The number of ether oxygens (including phenoxy) is 2. The van der Waals surface area contributed by atoms with Gasteiger partial charge in [0.05, 0.1) is 5.69 Å². The Morgan fingerprint density at radius 3 is 2.64 bits per heavy atom. The molecule has 0 atom stereocenters. The standard InChI is InChI=1S/C14H13NO5S2/c1-9-5-3-4-6-11(9)15(10(2)16)22(17,18)13-12-7-21-14(13)20-8-19-12/h3-7H,8H2,1-2H3. The average molecular weight is 339 g/mol. The Morgan fingerprint density at radius 1 is 1.27 bits per heavy atom. The highest BCUT2D eigenvalue weighted by Crippen LogP contribution is 2.45. The van der Waals surface area contributed by atoms with Gasteiger partial charge >= 0.3 is 0 Å². The van der Waals surface area contributed by atoms with E-state index in [0.29, 0.717) is 11.3 Å². The van der Waals surface area contributed by atoms with Crippen LogP contribution >= 0.6 is 11.3 Å². The SMILES string of the molecule is CC(=O)N(c1ccccc1C)S(=O)(=O)c1c2csc1OCO2. The molecule has 1 aromatic carbocycles. The number of thiophene rings is 1. The lowest BCUT2D eigenvalue weighted by molar-refractivity contribution is -0.115. The molecule has 1 amide bonds. The molecule has 3 rings (SSSR count). The van der Waals surface area contributed by atoms with Crippen molar-refractivity contribution in [3.05, 3.63) is 35.2 Å². The summed E-state index contributed by atoms with van der Waals surface area (Å²) in [6.07, 6.45) is 0. The number of carbonyl (C=O) groups excluding carboxylic acids is 1. The van der Waals surface area contributed by atoms with Crippen molar-refractivity contribution < 1.29 is 22.7 Å². The first-order valence-electron chi connectivity index (χ1n) is 6.41. The van der Waals surface area contributed by atoms with Gasteiger partial charge in [-0.2, -0.15) is 0 Å². The predicted octanol–water partition coefficient (Wildman–Crippen LogP) is 2.53. The van der Waals surface area contributed by atoms with E-state index in [2.05, 4.69) is 0 Å². The normalized spacial score (nSPS) is 13.2. The number of hydrogen-bond acceptors (Lipinski definition) is 6. The molecular weight excluding hydrogens is 326 g/mol. The molecule has 8 heteroatoms. The monoisotopic (exact) mass is 339 g/mol. The molecule has 2 heterocycles. The van der Waals surface area contributed by atoms with Crippen molar-refractivity contribution in [1.82, 2.24) is 0 Å². The third kappa shape index (κ3) is 2.24. The van der Waals surface area contributed by atoms with Crippen LogP contribution in [-0.2, 0) is 14.8 Å². The fourth-order valence-electron chi connectivity index (χ4n) is 2.24. The second-order valence-electron chi connectivity index (χ2n) is 4.70. The summed E-state index contributed by atoms with van der Waals surface area (Å²) in [6.45, 7) is 2.93. The van der Waals surface area contributed by atoms with Gasteiger partial charge in [0.25, 0.3) is 10.0 Å². The van der Waals surface area contributed by atoms with Crippen LogP contribution in [0, 0.1) is 6.92 Å². The summed E-state index contributed by atoms with van der Waals surface area (Å²) in [4.78, 5) is 11.9. The zero-order valence-electron chi connectivity index (χ0n) is 11.9. The zero-order valence-corrected chi connectivity index (χ0v) is 13.5. The lowest BCUT2D eigenvalue weighted by Gasteiger charge is -2.24. The largest absolute Gasteiger partial charge is 0.455 e. The predicted molar refractivity (Wildman–Crippen MR) is 82.0 cm³/mol. The van der Waals surface area contributed by atoms with E-state index in [0.717, 1.165) is 15.6 Å². The van der Waals surface area contributed by atoms with Gasteiger partial charge in [-0.25, -0.2) is 12.7 Å². The number of fused-ring (bicyclic) bond motifs is 2. The summed E-state index contributed by atoms with van der Waals surface area (Å²) in [5.41, 5.74) is 0.997. The molecular formula is C14H13NO5S2. The number of hydrogen-bond donors (Lipinski definition) is 0. The van der Waals surface area contributed by atoms with Crippen molar-refractivity contribution in [3.63, 3.8) is 0 Å². The van der Waals surface area contributed by atoms with Gasteiger partial charge in [-0.05, 0) is 18.6 Å². The molecule has 0 N–H and O–H groups in total. The molecule has 1 aliphatic heterocycles. The van der Waals surface area contributed by atoms with Crippen LogP contribution in [0.15, 0.2) is 34.5 Å². The fourth-order valence-corrected chi connectivity index (χ4v) is 5.13. The maximum atomic E-state index is 13.0. The van der Waals surface area contributed by atoms with E-state index in [1.165, 1.54) is 6.92 Å². The molecule has 2 aromatic rings. The molecule has 0 aliphatic carbocycles. The van der Waals surface area contributed by atoms with E-state index in [9.17, 15) is 13.2 Å². The van der Waals surface area contributed by atoms with Gasteiger partial charge < -0.3 is 9.47 Å². The van der Waals surface area contributed by atoms with Crippen LogP contribution in [0.4, 0.5) is 5.69 Å². The van der Waals surface area contributed by atoms with Crippen LogP contribution in [0.3, 0.4) is 0 Å². The number of carbonyl (C=O) groups is 1. The van der Waals surface area contributed by atoms with E-state index in [4.69, 9.17) is 9.47 Å². The number of para-hydroxylation sites is 1. The van der Waals surface area contributed by atoms with Crippen LogP contribution in [0.5, 0.6) is 10.8 Å². The summed E-state index contributed by atoms with van der Waals surface area (Å²) in [5, 5.41) is 1.80. The molecule has 0 spiro atoms. The van der Waals surface area contributed by atoms with E-state index >= 15 is 0 Å². The minimum absolute atomic E-state index is 0.0301. The third-order valence-corrected chi connectivity index (χ3v) is 6.04.